The van der Waals surface area contributed by atoms with Gasteiger partial charge in [0.05, 0.1) is 23.6 Å². The number of ether oxygens (including phenoxy) is 1. The maximum absolute atomic E-state index is 14.7. The molecule has 2 N–H and O–H groups in total. The van der Waals surface area contributed by atoms with Crippen molar-refractivity contribution < 1.29 is 27.1 Å². The smallest absolute Gasteiger partial charge is 0.407 e. The SMILES string of the molecule is N#CC1(CC(=O)[C@H](Cc2ncn[nH]2)N[C@@H](c2ccc(OC3CCCC3)c(F)c2)C(F)(F)F)CC1. The van der Waals surface area contributed by atoms with Gasteiger partial charge in [-0.25, -0.2) is 9.37 Å². The zero-order chi connectivity index (χ0) is 24.3. The number of nitriles is 1. The van der Waals surface area contributed by atoms with Gasteiger partial charge in [-0.05, 0) is 56.2 Å². The molecule has 0 amide bonds. The number of ketones is 1. The first kappa shape index (κ1) is 24.1. The van der Waals surface area contributed by atoms with Crippen LogP contribution in [0.2, 0.25) is 0 Å². The van der Waals surface area contributed by atoms with Gasteiger partial charge in [0.1, 0.15) is 18.2 Å². The molecule has 11 heteroatoms. The number of nitrogens with zero attached hydrogens (tertiary/aromatic N) is 3. The number of aromatic amines is 1. The monoisotopic (exact) mass is 479 g/mol. The van der Waals surface area contributed by atoms with Gasteiger partial charge in [-0.1, -0.05) is 6.07 Å². The van der Waals surface area contributed by atoms with Crippen LogP contribution in [0.15, 0.2) is 24.5 Å². The Morgan fingerprint density at radius 2 is 2.06 bits per heavy atom. The van der Waals surface area contributed by atoms with Crippen molar-refractivity contribution in [3.63, 3.8) is 0 Å². The Balaban J connectivity index is 1.56. The summed E-state index contributed by atoms with van der Waals surface area (Å²) < 4.78 is 62.5. The van der Waals surface area contributed by atoms with Crippen LogP contribution in [0.1, 0.15) is 62.4 Å². The number of rotatable bonds is 10. The van der Waals surface area contributed by atoms with E-state index < -0.39 is 35.3 Å². The second-order valence-corrected chi connectivity index (χ2v) is 9.08. The van der Waals surface area contributed by atoms with Crippen molar-refractivity contribution in [2.24, 2.45) is 5.41 Å². The molecule has 0 aliphatic heterocycles. The highest BCUT2D eigenvalue weighted by molar-refractivity contribution is 5.85. The summed E-state index contributed by atoms with van der Waals surface area (Å²) in [5, 5.41) is 17.9. The van der Waals surface area contributed by atoms with Gasteiger partial charge in [-0.15, -0.1) is 0 Å². The summed E-state index contributed by atoms with van der Waals surface area (Å²) in [4.78, 5) is 16.9. The molecule has 2 aromatic rings. The van der Waals surface area contributed by atoms with Crippen molar-refractivity contribution in [2.45, 2.75) is 75.7 Å². The number of carbonyl (C=O) groups is 1. The Morgan fingerprint density at radius 1 is 1.32 bits per heavy atom. The molecule has 2 fully saturated rings. The van der Waals surface area contributed by atoms with Crippen LogP contribution in [0, 0.1) is 22.6 Å². The van der Waals surface area contributed by atoms with Gasteiger partial charge < -0.3 is 4.74 Å². The number of aromatic nitrogens is 3. The molecule has 182 valence electrons. The maximum Gasteiger partial charge on any atom is 0.407 e. The first-order chi connectivity index (χ1) is 16.2. The summed E-state index contributed by atoms with van der Waals surface area (Å²) in [5.74, 6) is -1.29. The highest BCUT2D eigenvalue weighted by atomic mass is 19.4. The van der Waals surface area contributed by atoms with Gasteiger partial charge in [0.25, 0.3) is 0 Å². The lowest BCUT2D eigenvalue weighted by Gasteiger charge is -2.27. The van der Waals surface area contributed by atoms with E-state index in [0.29, 0.717) is 12.8 Å². The van der Waals surface area contributed by atoms with Crippen molar-refractivity contribution >= 4 is 5.78 Å². The zero-order valence-electron chi connectivity index (χ0n) is 18.4. The fraction of sp³-hybridized carbons (Fsp3) is 0.565. The Labute approximate surface area is 193 Å². The van der Waals surface area contributed by atoms with E-state index in [4.69, 9.17) is 4.74 Å². The van der Waals surface area contributed by atoms with E-state index in [-0.39, 0.29) is 36.1 Å². The van der Waals surface area contributed by atoms with Gasteiger partial charge in [0, 0.05) is 12.8 Å². The minimum atomic E-state index is -4.81. The molecule has 0 spiro atoms. The number of halogens is 4. The van der Waals surface area contributed by atoms with Crippen LogP contribution in [0.3, 0.4) is 0 Å². The number of hydrogen-bond acceptors (Lipinski definition) is 6. The van der Waals surface area contributed by atoms with E-state index in [1.165, 1.54) is 12.4 Å². The third kappa shape index (κ3) is 5.73. The first-order valence-corrected chi connectivity index (χ1v) is 11.3. The summed E-state index contributed by atoms with van der Waals surface area (Å²) in [5.41, 5.74) is -1.20. The quantitative estimate of drug-likeness (QED) is 0.492. The molecule has 2 atom stereocenters. The van der Waals surface area contributed by atoms with Gasteiger partial charge >= 0.3 is 6.18 Å². The average Bonchev–Trinajstić information content (AvgIpc) is 3.16. The van der Waals surface area contributed by atoms with Crippen molar-refractivity contribution in [3.8, 4) is 11.8 Å². The molecule has 0 saturated heterocycles. The number of Topliss-reactive ketones (excluding diaryl/α,β-unsaturated/α-hetero) is 1. The molecule has 2 saturated carbocycles. The molecule has 34 heavy (non-hydrogen) atoms. The molecule has 2 aliphatic rings. The number of benzene rings is 1. The van der Waals surface area contributed by atoms with E-state index in [9.17, 15) is 27.6 Å². The van der Waals surface area contributed by atoms with Crippen molar-refractivity contribution in [3.05, 3.63) is 41.7 Å². The molecule has 1 heterocycles. The predicted octanol–water partition coefficient (Wildman–Crippen LogP) is 4.33. The lowest BCUT2D eigenvalue weighted by atomic mass is 9.94. The number of alkyl halides is 3. The molecule has 1 aromatic carbocycles. The van der Waals surface area contributed by atoms with Crippen molar-refractivity contribution in [2.75, 3.05) is 0 Å². The number of carbonyl (C=O) groups excluding carboxylic acids is 1. The molecular weight excluding hydrogens is 454 g/mol. The molecule has 0 unspecified atom stereocenters. The van der Waals surface area contributed by atoms with Gasteiger partial charge in [0.15, 0.2) is 17.3 Å². The van der Waals surface area contributed by atoms with Gasteiger partial charge in [0.2, 0.25) is 0 Å². The van der Waals surface area contributed by atoms with E-state index in [2.05, 4.69) is 26.6 Å². The van der Waals surface area contributed by atoms with Crippen LogP contribution in [-0.4, -0.2) is 39.3 Å². The standard InChI is InChI=1S/C23H25F4N5O2/c24-16-9-14(5-6-19(16)34-15-3-1-2-4-15)21(23(25,26)27)31-17(10-20-29-13-30-32-20)18(33)11-22(12-28)7-8-22/h5-6,9,13,15,17,21,31H,1-4,7-8,10-11H2,(H,29,30,32)/t17-,21-/m0/s1. The third-order valence-corrected chi connectivity index (χ3v) is 6.43. The number of H-pyrrole nitrogens is 1. The molecule has 7 nitrogen and oxygen atoms in total. The Bertz CT molecular complexity index is 1040. The summed E-state index contributed by atoms with van der Waals surface area (Å²) in [7, 11) is 0. The third-order valence-electron chi connectivity index (χ3n) is 6.43. The first-order valence-electron chi connectivity index (χ1n) is 11.3. The van der Waals surface area contributed by atoms with E-state index in [0.717, 1.165) is 37.8 Å². The summed E-state index contributed by atoms with van der Waals surface area (Å²) in [6.45, 7) is 0. The molecule has 4 rings (SSSR count). The highest BCUT2D eigenvalue weighted by Crippen LogP contribution is 2.48. The minimum absolute atomic E-state index is 0.0874. The van der Waals surface area contributed by atoms with Crippen molar-refractivity contribution in [1.82, 2.24) is 20.5 Å². The molecular formula is C23H25F4N5O2. The number of hydrogen-bond donors (Lipinski definition) is 2. The zero-order valence-corrected chi connectivity index (χ0v) is 18.4. The van der Waals surface area contributed by atoms with Gasteiger partial charge in [-0.2, -0.15) is 23.5 Å². The van der Waals surface area contributed by atoms with Crippen LogP contribution < -0.4 is 10.1 Å². The van der Waals surface area contributed by atoms with Crippen LogP contribution in [-0.2, 0) is 11.2 Å². The Morgan fingerprint density at radius 3 is 2.62 bits per heavy atom. The van der Waals surface area contributed by atoms with Crippen molar-refractivity contribution in [1.29, 1.82) is 5.26 Å². The molecule has 0 bridgehead atoms. The van der Waals surface area contributed by atoms with E-state index in [1.807, 2.05) is 0 Å². The minimum Gasteiger partial charge on any atom is -0.487 e. The largest absolute Gasteiger partial charge is 0.487 e. The Kier molecular flexibility index (Phi) is 6.89. The normalized spacial score (nSPS) is 19.4. The van der Waals surface area contributed by atoms with E-state index >= 15 is 0 Å². The predicted molar refractivity (Wildman–Crippen MR) is 112 cm³/mol. The maximum atomic E-state index is 14.7. The fourth-order valence-electron chi connectivity index (χ4n) is 4.28. The van der Waals surface area contributed by atoms with Gasteiger partial charge in [-0.3, -0.25) is 15.2 Å². The topological polar surface area (TPSA) is 104 Å². The number of nitrogens with one attached hydrogen (secondary N) is 2. The van der Waals surface area contributed by atoms with Crippen LogP contribution >= 0.6 is 0 Å². The fourth-order valence-corrected chi connectivity index (χ4v) is 4.28. The van der Waals surface area contributed by atoms with Crippen LogP contribution in [0.5, 0.6) is 5.75 Å². The molecule has 1 aromatic heterocycles. The summed E-state index contributed by atoms with van der Waals surface area (Å²) >= 11 is 0. The van der Waals surface area contributed by atoms with E-state index in [1.54, 1.807) is 0 Å². The molecule has 0 radical (unpaired) electrons. The van der Waals surface area contributed by atoms with Crippen LogP contribution in [0.25, 0.3) is 0 Å². The lowest BCUT2D eigenvalue weighted by molar-refractivity contribution is -0.160. The lowest BCUT2D eigenvalue weighted by Crippen LogP contribution is -2.46. The summed E-state index contributed by atoms with van der Waals surface area (Å²) in [6.07, 6.45) is 0.447. The Hall–Kier alpha value is -3.00. The average molecular weight is 479 g/mol. The van der Waals surface area contributed by atoms with Crippen LogP contribution in [0.4, 0.5) is 17.6 Å². The second kappa shape index (κ2) is 9.70. The second-order valence-electron chi connectivity index (χ2n) is 9.08. The highest BCUT2D eigenvalue weighted by Gasteiger charge is 2.48. The molecule has 2 aliphatic carbocycles. The summed E-state index contributed by atoms with van der Waals surface area (Å²) in [6, 6.07) is 1.63.